The monoisotopic (exact) mass is 775 g/mol. The van der Waals surface area contributed by atoms with Crippen molar-refractivity contribution in [3.63, 3.8) is 0 Å². The Hall–Kier alpha value is -7.94. The zero-order valence-electron chi connectivity index (χ0n) is 33.2. The van der Waals surface area contributed by atoms with Crippen molar-refractivity contribution in [2.24, 2.45) is 0 Å². The molecule has 0 saturated heterocycles. The van der Waals surface area contributed by atoms with Crippen molar-refractivity contribution in [3.8, 4) is 44.5 Å². The quantitative estimate of drug-likeness (QED) is 0.173. The molecule has 10 aromatic carbocycles. The second-order valence-electron chi connectivity index (χ2n) is 16.3. The SMILES string of the molecule is c1ccc(-c2ccc(N(c3ccc4c(c3)C3(c5ccccc5-c5ccccc53)c3ccccc3-4)c3c(-c4ccccc4)ccc4c3oc3ccc5ccccc5c34)cc2)cc1. The van der Waals surface area contributed by atoms with Gasteiger partial charge >= 0.3 is 0 Å². The molecule has 284 valence electrons. The van der Waals surface area contributed by atoms with Gasteiger partial charge in [-0.05, 0) is 108 Å². The van der Waals surface area contributed by atoms with E-state index in [0.717, 1.165) is 50.1 Å². The van der Waals surface area contributed by atoms with Crippen LogP contribution in [-0.4, -0.2) is 0 Å². The van der Waals surface area contributed by atoms with Gasteiger partial charge in [-0.1, -0.05) is 188 Å². The Kier molecular flexibility index (Phi) is 7.26. The Morgan fingerprint density at radius 1 is 0.344 bits per heavy atom. The Bertz CT molecular complexity index is 3460. The number of hydrogen-bond donors (Lipinski definition) is 0. The fourth-order valence-electron chi connectivity index (χ4n) is 10.7. The molecule has 11 aromatic rings. The van der Waals surface area contributed by atoms with Gasteiger partial charge in [0.1, 0.15) is 5.58 Å². The van der Waals surface area contributed by atoms with E-state index in [0.29, 0.717) is 0 Å². The zero-order valence-corrected chi connectivity index (χ0v) is 33.2. The molecule has 0 atom stereocenters. The first-order valence-electron chi connectivity index (χ1n) is 21.1. The summed E-state index contributed by atoms with van der Waals surface area (Å²) in [7, 11) is 0. The molecule has 0 saturated carbocycles. The van der Waals surface area contributed by atoms with Crippen molar-refractivity contribution in [1.29, 1.82) is 0 Å². The minimum Gasteiger partial charge on any atom is -0.454 e. The summed E-state index contributed by atoms with van der Waals surface area (Å²) in [6.07, 6.45) is 0. The molecule has 61 heavy (non-hydrogen) atoms. The van der Waals surface area contributed by atoms with Crippen LogP contribution in [0.4, 0.5) is 17.1 Å². The fourth-order valence-corrected chi connectivity index (χ4v) is 10.7. The summed E-state index contributed by atoms with van der Waals surface area (Å²) < 4.78 is 7.16. The summed E-state index contributed by atoms with van der Waals surface area (Å²) in [5.74, 6) is 0. The summed E-state index contributed by atoms with van der Waals surface area (Å²) in [6, 6.07) is 82.2. The van der Waals surface area contributed by atoms with Crippen molar-refractivity contribution in [1.82, 2.24) is 0 Å². The summed E-state index contributed by atoms with van der Waals surface area (Å²) in [4.78, 5) is 2.45. The molecule has 0 aliphatic heterocycles. The molecule has 1 spiro atoms. The van der Waals surface area contributed by atoms with E-state index in [-0.39, 0.29) is 0 Å². The lowest BCUT2D eigenvalue weighted by atomic mass is 9.70. The number of rotatable bonds is 5. The lowest BCUT2D eigenvalue weighted by Gasteiger charge is -2.32. The molecule has 0 N–H and O–H groups in total. The molecule has 2 heteroatoms. The van der Waals surface area contributed by atoms with E-state index in [4.69, 9.17) is 4.42 Å². The van der Waals surface area contributed by atoms with E-state index < -0.39 is 5.41 Å². The Morgan fingerprint density at radius 3 is 1.54 bits per heavy atom. The molecule has 13 rings (SSSR count). The third kappa shape index (κ3) is 4.79. The highest BCUT2D eigenvalue weighted by molar-refractivity contribution is 6.22. The van der Waals surface area contributed by atoms with Gasteiger partial charge in [0, 0.05) is 27.7 Å². The molecule has 0 fully saturated rings. The molecule has 2 aliphatic rings. The van der Waals surface area contributed by atoms with Gasteiger partial charge in [-0.25, -0.2) is 0 Å². The average Bonchev–Trinajstić information content (AvgIpc) is 3.97. The lowest BCUT2D eigenvalue weighted by Crippen LogP contribution is -2.26. The lowest BCUT2D eigenvalue weighted by molar-refractivity contribution is 0.669. The summed E-state index contributed by atoms with van der Waals surface area (Å²) in [5.41, 5.74) is 19.4. The third-order valence-corrected chi connectivity index (χ3v) is 13.3. The van der Waals surface area contributed by atoms with Crippen molar-refractivity contribution in [3.05, 3.63) is 247 Å². The Labute approximate surface area is 354 Å². The molecule has 0 unspecified atom stereocenters. The van der Waals surface area contributed by atoms with Crippen LogP contribution in [0.2, 0.25) is 0 Å². The van der Waals surface area contributed by atoms with Gasteiger partial charge in [-0.15, -0.1) is 0 Å². The van der Waals surface area contributed by atoms with Crippen LogP contribution in [0.5, 0.6) is 0 Å². The van der Waals surface area contributed by atoms with Gasteiger partial charge < -0.3 is 9.32 Å². The topological polar surface area (TPSA) is 16.4 Å². The standard InChI is InChI=1S/C59H37NO/c1-3-15-38(16-4-1)39-27-30-42(31-28-39)60(57-45(40-17-5-2-6-18-40)34-35-50-56-44-20-8-7-19-41(44)29-36-55(56)61-58(50)57)43-32-33-49-48-23-11-14-26-53(48)59(54(49)37-43)51-24-12-9-21-46(51)47-22-10-13-25-52(47)59/h1-37H. The van der Waals surface area contributed by atoms with Crippen LogP contribution in [0.1, 0.15) is 22.3 Å². The number of anilines is 3. The molecule has 2 aliphatic carbocycles. The van der Waals surface area contributed by atoms with Crippen molar-refractivity contribution in [2.45, 2.75) is 5.41 Å². The first kappa shape index (κ1) is 34.0. The average molecular weight is 776 g/mol. The Morgan fingerprint density at radius 2 is 0.869 bits per heavy atom. The normalized spacial score (nSPS) is 13.0. The number of nitrogens with zero attached hydrogens (tertiary/aromatic N) is 1. The number of hydrogen-bond acceptors (Lipinski definition) is 2. The fraction of sp³-hybridized carbons (Fsp3) is 0.0169. The number of furan rings is 1. The van der Waals surface area contributed by atoms with Gasteiger partial charge in [-0.3, -0.25) is 0 Å². The van der Waals surface area contributed by atoms with E-state index in [1.54, 1.807) is 0 Å². The zero-order chi connectivity index (χ0) is 40.1. The highest BCUT2D eigenvalue weighted by Crippen LogP contribution is 2.63. The van der Waals surface area contributed by atoms with Crippen LogP contribution in [0.25, 0.3) is 77.2 Å². The second kappa shape index (κ2) is 13.0. The largest absolute Gasteiger partial charge is 0.454 e. The second-order valence-corrected chi connectivity index (χ2v) is 16.3. The maximum atomic E-state index is 7.16. The molecular formula is C59H37NO. The van der Waals surface area contributed by atoms with Gasteiger partial charge in [0.15, 0.2) is 5.58 Å². The molecular weight excluding hydrogens is 739 g/mol. The predicted octanol–water partition coefficient (Wildman–Crippen LogP) is 15.9. The number of fused-ring (bicyclic) bond motifs is 15. The molecule has 0 amide bonds. The maximum absolute atomic E-state index is 7.16. The predicted molar refractivity (Wildman–Crippen MR) is 253 cm³/mol. The van der Waals surface area contributed by atoms with Crippen LogP contribution in [0.3, 0.4) is 0 Å². The first-order chi connectivity index (χ1) is 30.3. The minimum atomic E-state index is -0.482. The van der Waals surface area contributed by atoms with E-state index in [9.17, 15) is 0 Å². The van der Waals surface area contributed by atoms with E-state index in [1.165, 1.54) is 66.4 Å². The van der Waals surface area contributed by atoms with Crippen molar-refractivity contribution < 1.29 is 4.42 Å². The smallest absolute Gasteiger partial charge is 0.160 e. The van der Waals surface area contributed by atoms with Gasteiger partial charge in [0.05, 0.1) is 11.1 Å². The highest BCUT2D eigenvalue weighted by Gasteiger charge is 2.51. The third-order valence-electron chi connectivity index (χ3n) is 13.3. The summed E-state index contributed by atoms with van der Waals surface area (Å²) in [6.45, 7) is 0. The van der Waals surface area contributed by atoms with E-state index in [2.05, 4.69) is 229 Å². The van der Waals surface area contributed by atoms with Crippen LogP contribution in [0, 0.1) is 0 Å². The minimum absolute atomic E-state index is 0.482. The summed E-state index contributed by atoms with van der Waals surface area (Å²) in [5, 5.41) is 4.61. The van der Waals surface area contributed by atoms with E-state index >= 15 is 0 Å². The summed E-state index contributed by atoms with van der Waals surface area (Å²) >= 11 is 0. The molecule has 1 heterocycles. The Balaban J connectivity index is 1.14. The number of benzene rings is 10. The molecule has 0 radical (unpaired) electrons. The maximum Gasteiger partial charge on any atom is 0.160 e. The van der Waals surface area contributed by atoms with Gasteiger partial charge in [-0.2, -0.15) is 0 Å². The van der Waals surface area contributed by atoms with Crippen molar-refractivity contribution >= 4 is 49.8 Å². The van der Waals surface area contributed by atoms with Gasteiger partial charge in [0.2, 0.25) is 0 Å². The highest BCUT2D eigenvalue weighted by atomic mass is 16.3. The molecule has 1 aromatic heterocycles. The molecule has 0 bridgehead atoms. The van der Waals surface area contributed by atoms with Gasteiger partial charge in [0.25, 0.3) is 0 Å². The van der Waals surface area contributed by atoms with Crippen molar-refractivity contribution in [2.75, 3.05) is 4.90 Å². The van der Waals surface area contributed by atoms with Crippen LogP contribution in [-0.2, 0) is 5.41 Å². The first-order valence-corrected chi connectivity index (χ1v) is 21.1. The van der Waals surface area contributed by atoms with Crippen LogP contribution in [0.15, 0.2) is 229 Å². The van der Waals surface area contributed by atoms with Crippen LogP contribution < -0.4 is 4.90 Å². The molecule has 2 nitrogen and oxygen atoms in total. The van der Waals surface area contributed by atoms with Crippen LogP contribution >= 0.6 is 0 Å². The van der Waals surface area contributed by atoms with E-state index in [1.807, 2.05) is 0 Å².